The van der Waals surface area contributed by atoms with Crippen LogP contribution in [0.4, 0.5) is 0 Å². The van der Waals surface area contributed by atoms with Gasteiger partial charge in [-0.15, -0.1) is 0 Å². The van der Waals surface area contributed by atoms with Gasteiger partial charge in [0.1, 0.15) is 0 Å². The second kappa shape index (κ2) is 5.62. The highest BCUT2D eigenvalue weighted by Gasteiger charge is 2.54. The lowest BCUT2D eigenvalue weighted by Crippen LogP contribution is -2.51. The number of hydrogen-bond acceptors (Lipinski definition) is 1. The molecule has 1 aromatic carbocycles. The molecular weight excluding hydrogens is 304 g/mol. The number of benzene rings is 1. The Labute approximate surface area is 145 Å². The van der Waals surface area contributed by atoms with Crippen LogP contribution in [-0.4, -0.2) is 5.24 Å². The van der Waals surface area contributed by atoms with Gasteiger partial charge in [-0.3, -0.25) is 4.79 Å². The quantitative estimate of drug-likeness (QED) is 0.617. The standard InChI is InChI=1S/C21H29ClO/c1-13(2)16-12-15-7-8-18-20(4,17(15)11-14(16)3)9-6-10-21(18,5)19(22)23/h11-13,18H,6-10H2,1-5H3. The van der Waals surface area contributed by atoms with Gasteiger partial charge in [-0.2, -0.15) is 0 Å². The van der Waals surface area contributed by atoms with E-state index in [0.29, 0.717) is 11.8 Å². The first kappa shape index (κ1) is 17.0. The number of aryl methyl sites for hydroxylation is 2. The Hall–Kier alpha value is -0.820. The van der Waals surface area contributed by atoms with Crippen LogP contribution in [-0.2, 0) is 16.6 Å². The van der Waals surface area contributed by atoms with Gasteiger partial charge < -0.3 is 0 Å². The van der Waals surface area contributed by atoms with Crippen molar-refractivity contribution in [1.29, 1.82) is 0 Å². The van der Waals surface area contributed by atoms with E-state index < -0.39 is 0 Å². The number of fused-ring (bicyclic) bond motifs is 3. The van der Waals surface area contributed by atoms with Crippen LogP contribution in [0.3, 0.4) is 0 Å². The van der Waals surface area contributed by atoms with Gasteiger partial charge in [0.25, 0.3) is 0 Å². The van der Waals surface area contributed by atoms with Gasteiger partial charge in [-0.05, 0) is 83.7 Å². The first-order chi connectivity index (χ1) is 10.7. The zero-order valence-corrected chi connectivity index (χ0v) is 15.9. The summed E-state index contributed by atoms with van der Waals surface area (Å²) in [5.41, 5.74) is 5.58. The molecule has 2 aliphatic rings. The molecule has 0 spiro atoms. The van der Waals surface area contributed by atoms with Gasteiger partial charge in [0, 0.05) is 5.41 Å². The van der Waals surface area contributed by atoms with Gasteiger partial charge in [-0.25, -0.2) is 0 Å². The Bertz CT molecular complexity index is 647. The van der Waals surface area contributed by atoms with Crippen molar-refractivity contribution in [3.8, 4) is 0 Å². The van der Waals surface area contributed by atoms with Crippen LogP contribution in [0.1, 0.15) is 81.5 Å². The third-order valence-corrected chi connectivity index (χ3v) is 7.24. The van der Waals surface area contributed by atoms with Crippen molar-refractivity contribution in [3.05, 3.63) is 34.4 Å². The van der Waals surface area contributed by atoms with E-state index in [1.807, 2.05) is 0 Å². The fraction of sp³-hybridized carbons (Fsp3) is 0.667. The minimum absolute atomic E-state index is 0.0887. The predicted molar refractivity (Wildman–Crippen MR) is 97.2 cm³/mol. The van der Waals surface area contributed by atoms with E-state index in [9.17, 15) is 4.79 Å². The third kappa shape index (κ3) is 2.47. The van der Waals surface area contributed by atoms with E-state index in [-0.39, 0.29) is 16.1 Å². The molecule has 1 saturated carbocycles. The molecule has 1 aromatic rings. The largest absolute Gasteiger partial charge is 0.281 e. The molecule has 23 heavy (non-hydrogen) atoms. The molecule has 3 atom stereocenters. The van der Waals surface area contributed by atoms with Crippen molar-refractivity contribution >= 4 is 16.8 Å². The van der Waals surface area contributed by atoms with Gasteiger partial charge in [0.05, 0.1) is 0 Å². The van der Waals surface area contributed by atoms with Gasteiger partial charge in [0.15, 0.2) is 0 Å². The maximum Gasteiger partial charge on any atom is 0.227 e. The van der Waals surface area contributed by atoms with Crippen LogP contribution in [0.15, 0.2) is 12.1 Å². The highest BCUT2D eigenvalue weighted by atomic mass is 35.5. The van der Waals surface area contributed by atoms with Crippen LogP contribution in [0.2, 0.25) is 0 Å². The van der Waals surface area contributed by atoms with E-state index in [1.165, 1.54) is 28.7 Å². The molecule has 3 rings (SSSR count). The Morgan fingerprint density at radius 3 is 2.57 bits per heavy atom. The van der Waals surface area contributed by atoms with E-state index in [1.54, 1.807) is 0 Å². The third-order valence-electron chi connectivity index (χ3n) is 6.81. The fourth-order valence-electron chi connectivity index (χ4n) is 5.50. The lowest BCUT2D eigenvalue weighted by molar-refractivity contribution is -0.127. The SMILES string of the molecule is Cc1cc2c(cc1C(C)C)CCC1C(C)(C(=O)Cl)CCCC21C. The minimum atomic E-state index is -0.364. The van der Waals surface area contributed by atoms with E-state index in [2.05, 4.69) is 46.8 Å². The number of carbonyl (C=O) groups is 1. The topological polar surface area (TPSA) is 17.1 Å². The molecular formula is C21H29ClO. The Balaban J connectivity index is 2.13. The van der Waals surface area contributed by atoms with Crippen molar-refractivity contribution < 1.29 is 4.79 Å². The summed E-state index contributed by atoms with van der Waals surface area (Å²) in [4.78, 5) is 12.2. The number of carbonyl (C=O) groups excluding carboxylic acids is 1. The molecule has 0 N–H and O–H groups in total. The smallest absolute Gasteiger partial charge is 0.227 e. The zero-order valence-electron chi connectivity index (χ0n) is 15.1. The average molecular weight is 333 g/mol. The normalized spacial score (nSPS) is 33.3. The van der Waals surface area contributed by atoms with Crippen molar-refractivity contribution in [2.45, 2.75) is 78.1 Å². The Kier molecular flexibility index (Phi) is 4.16. The summed E-state index contributed by atoms with van der Waals surface area (Å²) in [5, 5.41) is -0.132. The first-order valence-corrected chi connectivity index (χ1v) is 9.42. The van der Waals surface area contributed by atoms with Crippen LogP contribution in [0.5, 0.6) is 0 Å². The molecule has 2 heteroatoms. The molecule has 0 heterocycles. The van der Waals surface area contributed by atoms with Crippen LogP contribution in [0.25, 0.3) is 0 Å². The van der Waals surface area contributed by atoms with Crippen LogP contribution >= 0.6 is 11.6 Å². The molecule has 0 aliphatic heterocycles. The molecule has 0 bridgehead atoms. The molecule has 0 radical (unpaired) electrons. The van der Waals surface area contributed by atoms with Gasteiger partial charge in [-0.1, -0.05) is 46.2 Å². The zero-order chi connectivity index (χ0) is 17.0. The monoisotopic (exact) mass is 332 g/mol. The number of hydrogen-bond donors (Lipinski definition) is 0. The summed E-state index contributed by atoms with van der Waals surface area (Å²) in [6, 6.07) is 4.85. The van der Waals surface area contributed by atoms with Crippen molar-refractivity contribution in [2.24, 2.45) is 11.3 Å². The maximum atomic E-state index is 12.2. The predicted octanol–water partition coefficient (Wildman–Crippen LogP) is 5.89. The van der Waals surface area contributed by atoms with Crippen LogP contribution < -0.4 is 0 Å². The lowest BCUT2D eigenvalue weighted by atomic mass is 9.50. The first-order valence-electron chi connectivity index (χ1n) is 9.04. The molecule has 0 saturated heterocycles. The maximum absolute atomic E-state index is 12.2. The average Bonchev–Trinajstić information content (AvgIpc) is 2.46. The summed E-state index contributed by atoms with van der Waals surface area (Å²) in [6.45, 7) is 11.3. The fourth-order valence-corrected chi connectivity index (χ4v) is 5.73. The number of halogens is 1. The molecule has 0 amide bonds. The van der Waals surface area contributed by atoms with Crippen LogP contribution in [0, 0.1) is 18.3 Å². The molecule has 2 aliphatic carbocycles. The van der Waals surface area contributed by atoms with Gasteiger partial charge >= 0.3 is 0 Å². The molecule has 1 fully saturated rings. The highest BCUT2D eigenvalue weighted by molar-refractivity contribution is 6.64. The van der Waals surface area contributed by atoms with E-state index in [0.717, 1.165) is 25.7 Å². The second-order valence-corrected chi connectivity index (χ2v) is 8.92. The van der Waals surface area contributed by atoms with Gasteiger partial charge in [0.2, 0.25) is 5.24 Å². The van der Waals surface area contributed by atoms with Crippen molar-refractivity contribution in [3.63, 3.8) is 0 Å². The summed E-state index contributed by atoms with van der Waals surface area (Å²) >= 11 is 6.07. The minimum Gasteiger partial charge on any atom is -0.281 e. The summed E-state index contributed by atoms with van der Waals surface area (Å²) < 4.78 is 0. The Morgan fingerprint density at radius 1 is 1.26 bits per heavy atom. The summed E-state index contributed by atoms with van der Waals surface area (Å²) in [6.07, 6.45) is 5.36. The molecule has 0 aromatic heterocycles. The van der Waals surface area contributed by atoms with Crippen molar-refractivity contribution in [2.75, 3.05) is 0 Å². The van der Waals surface area contributed by atoms with E-state index in [4.69, 9.17) is 11.6 Å². The molecule has 1 nitrogen and oxygen atoms in total. The second-order valence-electron chi connectivity index (χ2n) is 8.57. The van der Waals surface area contributed by atoms with Crippen molar-refractivity contribution in [1.82, 2.24) is 0 Å². The Morgan fingerprint density at radius 2 is 1.96 bits per heavy atom. The molecule has 126 valence electrons. The van der Waals surface area contributed by atoms with E-state index >= 15 is 0 Å². The molecule has 3 unspecified atom stereocenters. The number of rotatable bonds is 2. The highest BCUT2D eigenvalue weighted by Crippen LogP contribution is 2.58. The summed E-state index contributed by atoms with van der Waals surface area (Å²) in [5.74, 6) is 0.928. The lowest BCUT2D eigenvalue weighted by Gasteiger charge is -2.54. The summed E-state index contributed by atoms with van der Waals surface area (Å²) in [7, 11) is 0.